The Labute approximate surface area is 498 Å². The van der Waals surface area contributed by atoms with E-state index >= 15 is 0 Å². The van der Waals surface area contributed by atoms with Gasteiger partial charge in [0.05, 0.1) is 24.8 Å². The van der Waals surface area contributed by atoms with E-state index in [1.807, 2.05) is 18.2 Å². The number of ketones is 2. The number of carbonyl (C=O) groups is 3. The van der Waals surface area contributed by atoms with Crippen LogP contribution in [0, 0.1) is 11.8 Å². The van der Waals surface area contributed by atoms with Gasteiger partial charge in [-0.1, -0.05) is 53.5 Å². The summed E-state index contributed by atoms with van der Waals surface area (Å²) in [4.78, 5) is 117. The Morgan fingerprint density at radius 2 is 1.61 bits per heavy atom. The number of azide groups is 2. The fourth-order valence-corrected chi connectivity index (χ4v) is 11.9. The van der Waals surface area contributed by atoms with Gasteiger partial charge in [0.25, 0.3) is 0 Å². The molecule has 6 atom stereocenters. The number of carbonyl (C=O) groups excluding carboxylic acids is 3. The number of fused-ring (bicyclic) bond motifs is 2. The Morgan fingerprint density at radius 3 is 2.32 bits per heavy atom. The minimum Gasteiger partial charge on any atom is -0.491 e. The molecule has 33 nitrogen and oxygen atoms in total. The van der Waals surface area contributed by atoms with Crippen LogP contribution in [0.3, 0.4) is 0 Å². The Hall–Kier alpha value is -8.10. The van der Waals surface area contributed by atoms with Crippen molar-refractivity contribution < 1.29 is 88.6 Å². The van der Waals surface area contributed by atoms with Crippen LogP contribution in [0.2, 0.25) is 0 Å². The standard InChI is InChI=1S/C52H59N12O21P3/c1-3-63(4-2)36-19-17-34-23-38(51(68)83-43(34)25-36)50-58-39-24-33(18-20-42(39)82-50)41(66)16-9-7-5-6-8-15-40(65)32-12-10-14-37(22-32)77-30-47(60-62-55)78-29-46(67)56-21-11-13-35-27-64(52(69)59-49(35)53)48-26-44(79-31-57-61-54)45(81-48)28-80-87(73,74)85-88(75,76)84-86(70,71)72/h10,12,14,17-20,22-25,27,44-45,47-48H,3-9,15-16,21,26,28-31H2,1-2H3,(H,56,67)(H,73,74)(H,75,76)(H2,53,59,69)(H2,70,71,72). The van der Waals surface area contributed by atoms with Crippen molar-refractivity contribution in [1.82, 2.24) is 19.9 Å². The zero-order chi connectivity index (χ0) is 63.6. The lowest BCUT2D eigenvalue weighted by molar-refractivity contribution is -0.127. The van der Waals surface area contributed by atoms with Crippen LogP contribution in [0.25, 0.3) is 54.4 Å². The van der Waals surface area contributed by atoms with E-state index in [1.54, 1.807) is 42.5 Å². The minimum absolute atomic E-state index is 0.0415. The number of ether oxygens (including phenoxy) is 4. The minimum atomic E-state index is -5.85. The number of phosphoric acid groups is 3. The number of nitrogens with two attached hydrogens (primary N) is 1. The predicted molar refractivity (Wildman–Crippen MR) is 311 cm³/mol. The first-order chi connectivity index (χ1) is 42.0. The lowest BCUT2D eigenvalue weighted by Crippen LogP contribution is -2.31. The maximum Gasteiger partial charge on any atom is 0.490 e. The lowest BCUT2D eigenvalue weighted by atomic mass is 10.0. The zero-order valence-electron chi connectivity index (χ0n) is 47.0. The van der Waals surface area contributed by atoms with Gasteiger partial charge < -0.3 is 63.3 Å². The highest BCUT2D eigenvalue weighted by molar-refractivity contribution is 7.66. The fraction of sp³-hybridized carbons (Fsp3) is 0.404. The van der Waals surface area contributed by atoms with E-state index in [1.165, 1.54) is 6.07 Å². The fourth-order valence-electron chi connectivity index (χ4n) is 8.85. The third-order valence-corrected chi connectivity index (χ3v) is 16.8. The van der Waals surface area contributed by atoms with E-state index < -0.39 is 85.3 Å². The van der Waals surface area contributed by atoms with Gasteiger partial charge in [-0.05, 0) is 86.3 Å². The Bertz CT molecular complexity index is 3960. The Morgan fingerprint density at radius 1 is 0.886 bits per heavy atom. The Balaban J connectivity index is 0.811. The molecule has 3 aromatic carbocycles. The predicted octanol–water partition coefficient (Wildman–Crippen LogP) is 7.87. The molecule has 88 heavy (non-hydrogen) atoms. The van der Waals surface area contributed by atoms with Crippen molar-refractivity contribution in [2.24, 2.45) is 10.2 Å². The van der Waals surface area contributed by atoms with Gasteiger partial charge in [-0.2, -0.15) is 13.6 Å². The molecule has 6 aromatic rings. The molecular formula is C52H59N12O21P3. The molecule has 0 spiro atoms. The molecule has 0 aliphatic carbocycles. The van der Waals surface area contributed by atoms with E-state index in [4.69, 9.17) is 54.4 Å². The maximum atomic E-state index is 13.2. The topological polar surface area (TPSA) is 478 Å². The van der Waals surface area contributed by atoms with Crippen LogP contribution in [-0.2, 0) is 45.8 Å². The van der Waals surface area contributed by atoms with Gasteiger partial charge in [-0.3, -0.25) is 23.5 Å². The van der Waals surface area contributed by atoms with Crippen LogP contribution in [0.1, 0.15) is 97.7 Å². The van der Waals surface area contributed by atoms with Crippen LogP contribution in [0.4, 0.5) is 11.5 Å². The van der Waals surface area contributed by atoms with Gasteiger partial charge in [0.1, 0.15) is 60.5 Å². The number of Topliss-reactive ketones (excluding diaryl/α,β-unsaturated/α-hetero) is 2. The summed E-state index contributed by atoms with van der Waals surface area (Å²) in [6, 6.07) is 18.7. The number of rotatable bonds is 33. The number of nitrogens with zero attached hydrogens (tertiary/aromatic N) is 10. The van der Waals surface area contributed by atoms with E-state index in [-0.39, 0.29) is 66.1 Å². The highest BCUT2D eigenvalue weighted by Crippen LogP contribution is 2.66. The third kappa shape index (κ3) is 19.7. The van der Waals surface area contributed by atoms with Crippen molar-refractivity contribution in [3.63, 3.8) is 0 Å². The average molecular weight is 1280 g/mol. The number of amides is 1. The highest BCUT2D eigenvalue weighted by Gasteiger charge is 2.44. The summed E-state index contributed by atoms with van der Waals surface area (Å²) in [6.07, 6.45) is -0.0840. The molecule has 468 valence electrons. The molecule has 1 amide bonds. The van der Waals surface area contributed by atoms with E-state index in [2.05, 4.69) is 79.1 Å². The summed E-state index contributed by atoms with van der Waals surface area (Å²) in [6.45, 7) is 2.89. The molecule has 1 aliphatic heterocycles. The number of aromatic nitrogens is 3. The largest absolute Gasteiger partial charge is 0.491 e. The van der Waals surface area contributed by atoms with Crippen molar-refractivity contribution in [3.05, 3.63) is 131 Å². The molecule has 7 rings (SSSR count). The lowest BCUT2D eigenvalue weighted by Gasteiger charge is -2.21. The number of benzene rings is 3. The second kappa shape index (κ2) is 31.2. The molecule has 3 aromatic heterocycles. The van der Waals surface area contributed by atoms with Gasteiger partial charge in [0, 0.05) is 76.6 Å². The summed E-state index contributed by atoms with van der Waals surface area (Å²) in [5.74, 6) is 4.40. The highest BCUT2D eigenvalue weighted by atomic mass is 31.3. The maximum absolute atomic E-state index is 13.2. The van der Waals surface area contributed by atoms with Crippen LogP contribution in [0.5, 0.6) is 5.75 Å². The number of anilines is 2. The molecule has 1 fully saturated rings. The smallest absolute Gasteiger partial charge is 0.490 e. The van der Waals surface area contributed by atoms with E-state index in [0.717, 1.165) is 54.2 Å². The normalized spacial score (nSPS) is 16.5. The van der Waals surface area contributed by atoms with Gasteiger partial charge in [0.15, 0.2) is 23.4 Å². The van der Waals surface area contributed by atoms with Crippen molar-refractivity contribution in [3.8, 4) is 29.0 Å². The summed E-state index contributed by atoms with van der Waals surface area (Å²) < 4.78 is 81.9. The van der Waals surface area contributed by atoms with E-state index in [0.29, 0.717) is 47.1 Å². The second-order valence-electron chi connectivity index (χ2n) is 19.1. The first kappa shape index (κ1) is 67.4. The summed E-state index contributed by atoms with van der Waals surface area (Å²) in [5, 5.41) is 9.92. The van der Waals surface area contributed by atoms with Crippen LogP contribution in [-0.4, -0.2) is 116 Å². The van der Waals surface area contributed by atoms with Crippen molar-refractivity contribution in [2.45, 2.75) is 89.9 Å². The number of phosphoric ester groups is 1. The van der Waals surface area contributed by atoms with Crippen LogP contribution >= 0.6 is 23.5 Å². The van der Waals surface area contributed by atoms with Crippen molar-refractivity contribution in [1.29, 1.82) is 0 Å². The molecule has 0 radical (unpaired) electrons. The van der Waals surface area contributed by atoms with Gasteiger partial charge in [0.2, 0.25) is 11.8 Å². The molecule has 1 aliphatic rings. The summed E-state index contributed by atoms with van der Waals surface area (Å²) in [7, 11) is -17.1. The first-order valence-electron chi connectivity index (χ1n) is 26.9. The van der Waals surface area contributed by atoms with Crippen LogP contribution < -0.4 is 32.0 Å². The quantitative estimate of drug-likeness (QED) is 0.00333. The van der Waals surface area contributed by atoms with Gasteiger partial charge in [-0.25, -0.2) is 28.3 Å². The van der Waals surface area contributed by atoms with Gasteiger partial charge >= 0.3 is 34.8 Å². The number of nitrogen functional groups attached to an aromatic ring is 1. The molecule has 7 N–H and O–H groups in total. The molecule has 1 saturated heterocycles. The second-order valence-corrected chi connectivity index (χ2v) is 23.5. The van der Waals surface area contributed by atoms with Crippen molar-refractivity contribution in [2.75, 3.05) is 56.8 Å². The molecule has 0 bridgehead atoms. The Kier molecular flexibility index (Phi) is 23.9. The number of hydrogen-bond acceptors (Lipinski definition) is 23. The average Bonchev–Trinajstić information content (AvgIpc) is 3.38. The number of unbranched alkanes of at least 4 members (excludes halogenated alkanes) is 4. The third-order valence-electron chi connectivity index (χ3n) is 13.0. The van der Waals surface area contributed by atoms with Crippen molar-refractivity contribution >= 4 is 74.5 Å². The number of nitrogens with one attached hydrogen (secondary N) is 1. The molecule has 4 heterocycles. The van der Waals surface area contributed by atoms with Crippen LogP contribution in [0.15, 0.2) is 102 Å². The first-order valence-corrected chi connectivity index (χ1v) is 31.4. The summed E-state index contributed by atoms with van der Waals surface area (Å²) in [5.41, 5.74) is 25.4. The number of hydrogen-bond donors (Lipinski definition) is 6. The summed E-state index contributed by atoms with van der Waals surface area (Å²) >= 11 is 0. The molecule has 36 heteroatoms. The molecule has 6 unspecified atom stereocenters. The monoisotopic (exact) mass is 1280 g/mol. The van der Waals surface area contributed by atoms with E-state index in [9.17, 15) is 47.5 Å². The zero-order valence-corrected chi connectivity index (χ0v) is 49.6. The molecule has 0 saturated carbocycles. The van der Waals surface area contributed by atoms with Gasteiger partial charge in [-0.15, -0.1) is 0 Å². The number of oxazole rings is 1. The molecular weight excluding hydrogens is 1220 g/mol. The SMILES string of the molecule is CCN(CC)c1ccc2cc(-c3nc4cc(C(=O)CCCCCCCC(=O)c5cccc(OCC(N=[N+]=[N-])OCC(=O)NCC#Cc6cn(C7CC(OCN=[N+]=[N-])C(COP(=O)(O)OP(=O)(O)OP(=O)(O)O)O7)c(=O)nc6N)c5)ccc4o3)c(=O)oc2c1.